The molecule has 0 saturated carbocycles. The van der Waals surface area contributed by atoms with Gasteiger partial charge in [-0.25, -0.2) is 9.79 Å². The molecule has 6 rings (SSSR count). The van der Waals surface area contributed by atoms with Gasteiger partial charge in [-0.15, -0.1) is 0 Å². The number of benzene rings is 3. The Labute approximate surface area is 241 Å². The van der Waals surface area contributed by atoms with Gasteiger partial charge in [-0.1, -0.05) is 63.7 Å². The van der Waals surface area contributed by atoms with Crippen LogP contribution >= 0.6 is 27.3 Å². The standard InChI is InChI=1S/C30H23BrN2O6S/c1-3-37-29(35)25-26(17-7-5-4-6-8-17)32-30-33(27(25)18-9-12-22-23(14-18)39-16-38-22)28(34)24(40-30)15-19-13-20(36-2)10-11-21(19)31/h4-15,27H,3,16H2,1-2H3/b24-15+/t27-/m0/s1. The lowest BCUT2D eigenvalue weighted by atomic mass is 9.93. The molecule has 0 bridgehead atoms. The highest BCUT2D eigenvalue weighted by Crippen LogP contribution is 2.40. The molecule has 1 aromatic heterocycles. The molecule has 2 aliphatic heterocycles. The molecule has 0 fully saturated rings. The Morgan fingerprint density at radius 3 is 2.70 bits per heavy atom. The number of carbonyl (C=O) groups is 1. The van der Waals surface area contributed by atoms with Crippen molar-refractivity contribution in [1.29, 1.82) is 0 Å². The Balaban J connectivity index is 1.65. The number of hydrogen-bond acceptors (Lipinski definition) is 8. The summed E-state index contributed by atoms with van der Waals surface area (Å²) in [5.74, 6) is 1.26. The van der Waals surface area contributed by atoms with E-state index >= 15 is 0 Å². The lowest BCUT2D eigenvalue weighted by Crippen LogP contribution is -2.40. The summed E-state index contributed by atoms with van der Waals surface area (Å²) in [7, 11) is 1.59. The summed E-state index contributed by atoms with van der Waals surface area (Å²) in [5.41, 5.74) is 2.63. The number of ether oxygens (including phenoxy) is 4. The maximum absolute atomic E-state index is 14.1. The number of hydrogen-bond donors (Lipinski definition) is 0. The third kappa shape index (κ3) is 4.63. The molecule has 40 heavy (non-hydrogen) atoms. The van der Waals surface area contributed by atoms with Crippen LogP contribution in [-0.2, 0) is 9.53 Å². The Kier molecular flexibility index (Phi) is 7.03. The van der Waals surface area contributed by atoms with E-state index in [1.807, 2.05) is 54.6 Å². The average molecular weight is 619 g/mol. The van der Waals surface area contributed by atoms with E-state index in [0.29, 0.717) is 37.8 Å². The van der Waals surface area contributed by atoms with Gasteiger partial charge in [0.25, 0.3) is 5.56 Å². The van der Waals surface area contributed by atoms with Crippen molar-refractivity contribution in [2.24, 2.45) is 4.99 Å². The van der Waals surface area contributed by atoms with Gasteiger partial charge in [-0.2, -0.15) is 0 Å². The zero-order chi connectivity index (χ0) is 27.8. The van der Waals surface area contributed by atoms with Crippen LogP contribution in [-0.4, -0.2) is 31.0 Å². The number of thiazole rings is 1. The average Bonchev–Trinajstić information content (AvgIpc) is 3.57. The van der Waals surface area contributed by atoms with E-state index in [2.05, 4.69) is 15.9 Å². The van der Waals surface area contributed by atoms with Crippen molar-refractivity contribution < 1.29 is 23.7 Å². The SMILES string of the molecule is CCOC(=O)C1=C(c2ccccc2)N=c2s/c(=C/c3cc(OC)ccc3Br)c(=O)n2[C@H]1c1ccc2c(c1)OCO2. The fourth-order valence-corrected chi connectivity index (χ4v) is 6.09. The van der Waals surface area contributed by atoms with Gasteiger partial charge in [0.15, 0.2) is 16.3 Å². The first-order valence-corrected chi connectivity index (χ1v) is 14.1. The largest absolute Gasteiger partial charge is 0.497 e. The van der Waals surface area contributed by atoms with Crippen molar-refractivity contribution in [3.05, 3.63) is 113 Å². The molecule has 0 aliphatic carbocycles. The number of methoxy groups -OCH3 is 1. The number of carbonyl (C=O) groups excluding carboxylic acids is 1. The highest BCUT2D eigenvalue weighted by atomic mass is 79.9. The van der Waals surface area contributed by atoms with Crippen molar-refractivity contribution in [1.82, 2.24) is 4.57 Å². The van der Waals surface area contributed by atoms with E-state index in [0.717, 1.165) is 15.6 Å². The minimum atomic E-state index is -0.809. The van der Waals surface area contributed by atoms with Crippen molar-refractivity contribution in [2.45, 2.75) is 13.0 Å². The second kappa shape index (κ2) is 10.8. The predicted octanol–water partition coefficient (Wildman–Crippen LogP) is 4.44. The molecule has 0 unspecified atom stereocenters. The van der Waals surface area contributed by atoms with Crippen molar-refractivity contribution in [3.63, 3.8) is 0 Å². The molecular weight excluding hydrogens is 596 g/mol. The van der Waals surface area contributed by atoms with Gasteiger partial charge >= 0.3 is 5.97 Å². The van der Waals surface area contributed by atoms with Crippen molar-refractivity contribution >= 4 is 45.0 Å². The molecule has 2 aliphatic rings. The molecule has 202 valence electrons. The number of halogens is 1. The van der Waals surface area contributed by atoms with Gasteiger partial charge in [0.2, 0.25) is 6.79 Å². The number of fused-ring (bicyclic) bond motifs is 2. The maximum atomic E-state index is 14.1. The maximum Gasteiger partial charge on any atom is 0.338 e. The van der Waals surface area contributed by atoms with E-state index in [4.69, 9.17) is 23.9 Å². The van der Waals surface area contributed by atoms with Gasteiger partial charge < -0.3 is 18.9 Å². The monoisotopic (exact) mass is 618 g/mol. The van der Waals surface area contributed by atoms with Gasteiger partial charge in [0, 0.05) is 10.0 Å². The summed E-state index contributed by atoms with van der Waals surface area (Å²) in [6.07, 6.45) is 1.80. The fraction of sp³-hybridized carbons (Fsp3) is 0.167. The normalized spacial score (nSPS) is 16.0. The number of esters is 1. The molecular formula is C30H23BrN2O6S. The molecule has 3 heterocycles. The van der Waals surface area contributed by atoms with Gasteiger partial charge in [-0.3, -0.25) is 9.36 Å². The van der Waals surface area contributed by atoms with Crippen LogP contribution in [0.2, 0.25) is 0 Å². The summed E-state index contributed by atoms with van der Waals surface area (Å²) in [4.78, 5) is 33.0. The highest BCUT2D eigenvalue weighted by molar-refractivity contribution is 9.10. The van der Waals surface area contributed by atoms with Crippen LogP contribution in [0.15, 0.2) is 86.6 Å². The number of nitrogens with zero attached hydrogens (tertiary/aromatic N) is 2. The number of aromatic nitrogens is 1. The second-order valence-electron chi connectivity index (χ2n) is 8.93. The molecule has 1 atom stereocenters. The first kappa shape index (κ1) is 26.1. The topological polar surface area (TPSA) is 88.4 Å². The molecule has 3 aromatic carbocycles. The molecule has 0 N–H and O–H groups in total. The third-order valence-electron chi connectivity index (χ3n) is 6.58. The Morgan fingerprint density at radius 1 is 1.12 bits per heavy atom. The Morgan fingerprint density at radius 2 is 1.93 bits per heavy atom. The zero-order valence-corrected chi connectivity index (χ0v) is 24.0. The van der Waals surface area contributed by atoms with Gasteiger partial charge in [0.05, 0.1) is 35.6 Å². The molecule has 0 spiro atoms. The Hall–Kier alpha value is -4.15. The van der Waals surface area contributed by atoms with Crippen LogP contribution in [0.25, 0.3) is 11.8 Å². The van der Waals surface area contributed by atoms with Crippen LogP contribution in [0.1, 0.15) is 29.7 Å². The van der Waals surface area contributed by atoms with Crippen molar-refractivity contribution in [3.8, 4) is 17.2 Å². The number of rotatable bonds is 6. The van der Waals surface area contributed by atoms with Crippen LogP contribution in [0.5, 0.6) is 17.2 Å². The summed E-state index contributed by atoms with van der Waals surface area (Å²) in [6, 6.07) is 19.6. The minimum Gasteiger partial charge on any atom is -0.497 e. The second-order valence-corrected chi connectivity index (χ2v) is 10.8. The Bertz CT molecular complexity index is 1840. The van der Waals surface area contributed by atoms with Crippen LogP contribution in [0, 0.1) is 0 Å². The predicted molar refractivity (Wildman–Crippen MR) is 154 cm³/mol. The fourth-order valence-electron chi connectivity index (χ4n) is 4.74. The van der Waals surface area contributed by atoms with Gasteiger partial charge in [0.1, 0.15) is 5.75 Å². The van der Waals surface area contributed by atoms with E-state index < -0.39 is 12.0 Å². The third-order valence-corrected chi connectivity index (χ3v) is 8.28. The van der Waals surface area contributed by atoms with E-state index in [9.17, 15) is 9.59 Å². The van der Waals surface area contributed by atoms with Crippen LogP contribution < -0.4 is 29.1 Å². The van der Waals surface area contributed by atoms with E-state index in [1.165, 1.54) is 11.3 Å². The quantitative estimate of drug-likeness (QED) is 0.297. The molecule has 0 amide bonds. The molecule has 0 radical (unpaired) electrons. The zero-order valence-electron chi connectivity index (χ0n) is 21.5. The van der Waals surface area contributed by atoms with Crippen LogP contribution in [0.3, 0.4) is 0 Å². The van der Waals surface area contributed by atoms with Crippen LogP contribution in [0.4, 0.5) is 0 Å². The first-order valence-electron chi connectivity index (χ1n) is 12.5. The first-order chi connectivity index (χ1) is 19.5. The molecule has 0 saturated heterocycles. The molecule has 4 aromatic rings. The molecule has 10 heteroatoms. The lowest BCUT2D eigenvalue weighted by molar-refractivity contribution is -0.138. The van der Waals surface area contributed by atoms with E-state index in [-0.39, 0.29) is 24.5 Å². The summed E-state index contributed by atoms with van der Waals surface area (Å²) in [5, 5.41) is 0. The lowest BCUT2D eigenvalue weighted by Gasteiger charge is -2.26. The smallest absolute Gasteiger partial charge is 0.338 e. The van der Waals surface area contributed by atoms with E-state index in [1.54, 1.807) is 36.8 Å². The summed E-state index contributed by atoms with van der Waals surface area (Å²) in [6.45, 7) is 2.02. The summed E-state index contributed by atoms with van der Waals surface area (Å²) >= 11 is 4.82. The summed E-state index contributed by atoms with van der Waals surface area (Å²) < 4.78 is 24.9. The highest BCUT2D eigenvalue weighted by Gasteiger charge is 2.36. The molecule has 8 nitrogen and oxygen atoms in total. The van der Waals surface area contributed by atoms with Gasteiger partial charge in [-0.05, 0) is 54.5 Å². The minimum absolute atomic E-state index is 0.104. The van der Waals surface area contributed by atoms with Crippen molar-refractivity contribution in [2.75, 3.05) is 20.5 Å².